The third-order valence-electron chi connectivity index (χ3n) is 5.52. The summed E-state index contributed by atoms with van der Waals surface area (Å²) in [6.45, 7) is 6.47. The van der Waals surface area contributed by atoms with Crippen LogP contribution in [0.3, 0.4) is 0 Å². The van der Waals surface area contributed by atoms with Gasteiger partial charge in [0.05, 0.1) is 12.8 Å². The van der Waals surface area contributed by atoms with E-state index < -0.39 is 11.8 Å². The standard InChI is InChI=1S/C29H32N4O5/c1-4-5-16-37-25-14-12-23(13-15-25)32-28(35)29(36)33-30-18-22-8-6-7-9-26(22)38-19-27(34)31-24-11-10-20(2)21(3)17-24/h6-15,17-18H,4-5,16,19H2,1-3H3,(H,31,34)(H,32,35)(H,33,36)/b30-18-. The highest BCUT2D eigenvalue weighted by atomic mass is 16.5. The zero-order valence-electron chi connectivity index (χ0n) is 21.7. The fourth-order valence-corrected chi connectivity index (χ4v) is 3.25. The molecule has 9 nitrogen and oxygen atoms in total. The molecule has 3 aromatic carbocycles. The molecule has 0 fully saturated rings. The monoisotopic (exact) mass is 516 g/mol. The summed E-state index contributed by atoms with van der Waals surface area (Å²) in [6.07, 6.45) is 3.33. The molecular weight excluding hydrogens is 484 g/mol. The Kier molecular flexibility index (Phi) is 10.4. The minimum absolute atomic E-state index is 0.213. The van der Waals surface area contributed by atoms with Gasteiger partial charge in [0.1, 0.15) is 11.5 Å². The number of amides is 3. The number of para-hydroxylation sites is 1. The van der Waals surface area contributed by atoms with Crippen LogP contribution >= 0.6 is 0 Å². The predicted molar refractivity (Wildman–Crippen MR) is 148 cm³/mol. The molecule has 0 aliphatic carbocycles. The highest BCUT2D eigenvalue weighted by Crippen LogP contribution is 2.18. The molecule has 0 radical (unpaired) electrons. The highest BCUT2D eigenvalue weighted by molar-refractivity contribution is 6.39. The van der Waals surface area contributed by atoms with Crippen LogP contribution < -0.4 is 25.5 Å². The fourth-order valence-electron chi connectivity index (χ4n) is 3.25. The number of carbonyl (C=O) groups is 3. The van der Waals surface area contributed by atoms with Crippen LogP contribution in [0.2, 0.25) is 0 Å². The quantitative estimate of drug-likeness (QED) is 0.149. The second-order valence-corrected chi connectivity index (χ2v) is 8.55. The van der Waals surface area contributed by atoms with Crippen LogP contribution in [0.1, 0.15) is 36.5 Å². The van der Waals surface area contributed by atoms with Crippen molar-refractivity contribution in [3.05, 3.63) is 83.4 Å². The van der Waals surface area contributed by atoms with Gasteiger partial charge in [0.25, 0.3) is 5.91 Å². The molecule has 0 aliphatic rings. The topological polar surface area (TPSA) is 118 Å². The molecule has 0 saturated heterocycles. The Morgan fingerprint density at radius 1 is 0.842 bits per heavy atom. The lowest BCUT2D eigenvalue weighted by Crippen LogP contribution is -2.32. The van der Waals surface area contributed by atoms with Crippen LogP contribution in [0.15, 0.2) is 71.8 Å². The van der Waals surface area contributed by atoms with E-state index in [-0.39, 0.29) is 12.5 Å². The minimum atomic E-state index is -0.935. The van der Waals surface area contributed by atoms with Crippen molar-refractivity contribution in [1.29, 1.82) is 0 Å². The van der Waals surface area contributed by atoms with E-state index in [1.807, 2.05) is 32.0 Å². The maximum absolute atomic E-state index is 12.3. The molecule has 0 heterocycles. The number of rotatable bonds is 11. The lowest BCUT2D eigenvalue weighted by Gasteiger charge is -2.10. The fraction of sp³-hybridized carbons (Fsp3) is 0.241. The molecule has 0 atom stereocenters. The number of unbranched alkanes of at least 4 members (excludes halogenated alkanes) is 1. The van der Waals surface area contributed by atoms with Gasteiger partial charge in [-0.1, -0.05) is 31.5 Å². The largest absolute Gasteiger partial charge is 0.494 e. The molecule has 3 aromatic rings. The van der Waals surface area contributed by atoms with Gasteiger partial charge < -0.3 is 20.1 Å². The number of aryl methyl sites for hydroxylation is 2. The third kappa shape index (κ3) is 8.77. The van der Waals surface area contributed by atoms with Gasteiger partial charge in [-0.2, -0.15) is 5.10 Å². The molecular formula is C29H32N4O5. The summed E-state index contributed by atoms with van der Waals surface area (Å²) < 4.78 is 11.2. The van der Waals surface area contributed by atoms with Gasteiger partial charge in [0.2, 0.25) is 0 Å². The highest BCUT2D eigenvalue weighted by Gasteiger charge is 2.13. The Bertz CT molecular complexity index is 1290. The number of ether oxygens (including phenoxy) is 2. The lowest BCUT2D eigenvalue weighted by molar-refractivity contribution is -0.136. The number of anilines is 2. The van der Waals surface area contributed by atoms with Gasteiger partial charge in [-0.25, -0.2) is 5.43 Å². The third-order valence-corrected chi connectivity index (χ3v) is 5.52. The smallest absolute Gasteiger partial charge is 0.329 e. The van der Waals surface area contributed by atoms with Crippen molar-refractivity contribution in [3.63, 3.8) is 0 Å². The average Bonchev–Trinajstić information content (AvgIpc) is 2.91. The summed E-state index contributed by atoms with van der Waals surface area (Å²) in [4.78, 5) is 36.7. The second-order valence-electron chi connectivity index (χ2n) is 8.55. The zero-order valence-corrected chi connectivity index (χ0v) is 21.7. The Morgan fingerprint density at radius 3 is 2.32 bits per heavy atom. The van der Waals surface area contributed by atoms with E-state index in [4.69, 9.17) is 9.47 Å². The van der Waals surface area contributed by atoms with Crippen molar-refractivity contribution in [2.75, 3.05) is 23.8 Å². The van der Waals surface area contributed by atoms with Crippen LogP contribution in [0.5, 0.6) is 11.5 Å². The molecule has 198 valence electrons. The summed E-state index contributed by atoms with van der Waals surface area (Å²) >= 11 is 0. The first-order valence-corrected chi connectivity index (χ1v) is 12.3. The van der Waals surface area contributed by atoms with Crippen LogP contribution in [-0.2, 0) is 14.4 Å². The zero-order chi connectivity index (χ0) is 27.3. The van der Waals surface area contributed by atoms with E-state index in [0.29, 0.717) is 35.0 Å². The van der Waals surface area contributed by atoms with Gasteiger partial charge in [-0.05, 0) is 79.9 Å². The predicted octanol–water partition coefficient (Wildman–Crippen LogP) is 4.59. The summed E-state index contributed by atoms with van der Waals surface area (Å²) in [5.41, 5.74) is 6.07. The number of hydrogen-bond acceptors (Lipinski definition) is 6. The number of nitrogens with one attached hydrogen (secondary N) is 3. The molecule has 3 rings (SSSR count). The molecule has 3 amide bonds. The van der Waals surface area contributed by atoms with Gasteiger partial charge in [-0.15, -0.1) is 0 Å². The Labute approximate surface area is 222 Å². The molecule has 9 heteroatoms. The summed E-state index contributed by atoms with van der Waals surface area (Å²) in [6, 6.07) is 19.3. The number of carbonyl (C=O) groups excluding carboxylic acids is 3. The SMILES string of the molecule is CCCCOc1ccc(NC(=O)C(=O)N/N=C\c2ccccc2OCC(=O)Nc2ccc(C)c(C)c2)cc1. The van der Waals surface area contributed by atoms with Crippen LogP contribution in [0, 0.1) is 13.8 Å². The summed E-state index contributed by atoms with van der Waals surface area (Å²) in [5.74, 6) is -1.03. The Morgan fingerprint density at radius 2 is 1.58 bits per heavy atom. The van der Waals surface area contributed by atoms with Gasteiger partial charge in [0, 0.05) is 16.9 Å². The molecule has 0 aliphatic heterocycles. The number of nitrogens with zero attached hydrogens (tertiary/aromatic N) is 1. The normalized spacial score (nSPS) is 10.6. The van der Waals surface area contributed by atoms with Crippen molar-refractivity contribution in [2.24, 2.45) is 5.10 Å². The average molecular weight is 517 g/mol. The van der Waals surface area contributed by atoms with Gasteiger partial charge in [-0.3, -0.25) is 14.4 Å². The van der Waals surface area contributed by atoms with Crippen LogP contribution in [0.25, 0.3) is 0 Å². The van der Waals surface area contributed by atoms with Crippen molar-refractivity contribution >= 4 is 35.3 Å². The van der Waals surface area contributed by atoms with Crippen molar-refractivity contribution in [2.45, 2.75) is 33.6 Å². The molecule has 38 heavy (non-hydrogen) atoms. The van der Waals surface area contributed by atoms with Crippen LogP contribution in [0.4, 0.5) is 11.4 Å². The Hall–Kier alpha value is -4.66. The number of hydrazone groups is 1. The second kappa shape index (κ2) is 14.2. The first kappa shape index (κ1) is 27.9. The lowest BCUT2D eigenvalue weighted by atomic mass is 10.1. The molecule has 3 N–H and O–H groups in total. The number of hydrogen-bond donors (Lipinski definition) is 3. The molecule has 0 unspecified atom stereocenters. The van der Waals surface area contributed by atoms with E-state index in [1.54, 1.807) is 48.5 Å². The molecule has 0 bridgehead atoms. The van der Waals surface area contributed by atoms with E-state index in [1.165, 1.54) is 6.21 Å². The first-order chi connectivity index (χ1) is 18.4. The summed E-state index contributed by atoms with van der Waals surface area (Å²) in [7, 11) is 0. The van der Waals surface area contributed by atoms with E-state index in [0.717, 1.165) is 24.0 Å². The maximum Gasteiger partial charge on any atom is 0.329 e. The first-order valence-electron chi connectivity index (χ1n) is 12.3. The molecule has 0 spiro atoms. The number of benzene rings is 3. The maximum atomic E-state index is 12.3. The molecule has 0 saturated carbocycles. The minimum Gasteiger partial charge on any atom is -0.494 e. The van der Waals surface area contributed by atoms with Crippen molar-refractivity contribution in [1.82, 2.24) is 5.43 Å². The van der Waals surface area contributed by atoms with Crippen molar-refractivity contribution < 1.29 is 23.9 Å². The van der Waals surface area contributed by atoms with Crippen LogP contribution in [-0.4, -0.2) is 37.1 Å². The summed E-state index contributed by atoms with van der Waals surface area (Å²) in [5, 5.41) is 9.15. The molecule has 0 aromatic heterocycles. The Balaban J connectivity index is 1.48. The van der Waals surface area contributed by atoms with E-state index >= 15 is 0 Å². The van der Waals surface area contributed by atoms with Gasteiger partial charge in [0.15, 0.2) is 6.61 Å². The van der Waals surface area contributed by atoms with Gasteiger partial charge >= 0.3 is 11.8 Å². The van der Waals surface area contributed by atoms with Crippen molar-refractivity contribution in [3.8, 4) is 11.5 Å². The van der Waals surface area contributed by atoms with E-state index in [2.05, 4.69) is 28.1 Å². The van der Waals surface area contributed by atoms with E-state index in [9.17, 15) is 14.4 Å².